The molecule has 0 aliphatic carbocycles. The summed E-state index contributed by atoms with van der Waals surface area (Å²) in [5.41, 5.74) is 7.05. The normalized spacial score (nSPS) is 17.0. The first-order chi connectivity index (χ1) is 10.5. The molecule has 1 aromatic carbocycles. The van der Waals surface area contributed by atoms with E-state index >= 15 is 0 Å². The Bertz CT molecular complexity index is 597. The smallest absolute Gasteiger partial charge is 0.181 e. The highest BCUT2D eigenvalue weighted by molar-refractivity contribution is 5.85. The van der Waals surface area contributed by atoms with E-state index in [0.717, 1.165) is 49.7 Å². The molecular formula is C17H26ClN5. The number of nitrogens with two attached hydrogens (primary N) is 1. The number of likely N-dealkylation sites (tertiary alicyclic amines) is 1. The second kappa shape index (κ2) is 7.43. The highest BCUT2D eigenvalue weighted by Gasteiger charge is 2.26. The van der Waals surface area contributed by atoms with Crippen molar-refractivity contribution >= 4 is 12.4 Å². The van der Waals surface area contributed by atoms with Crippen LogP contribution < -0.4 is 5.73 Å². The molecule has 1 aromatic heterocycles. The number of halogens is 1. The first kappa shape index (κ1) is 17.9. The molecule has 0 saturated carbocycles. The van der Waals surface area contributed by atoms with Gasteiger partial charge < -0.3 is 10.6 Å². The summed E-state index contributed by atoms with van der Waals surface area (Å²) in [6, 6.07) is 10.1. The number of aromatic nitrogens is 3. The molecule has 1 aliphatic rings. The number of benzene rings is 1. The van der Waals surface area contributed by atoms with Crippen LogP contribution >= 0.6 is 12.4 Å². The average molecular weight is 336 g/mol. The number of piperidine rings is 1. The van der Waals surface area contributed by atoms with E-state index in [1.807, 2.05) is 30.3 Å². The fraction of sp³-hybridized carbons (Fsp3) is 0.529. The molecule has 0 bridgehead atoms. The summed E-state index contributed by atoms with van der Waals surface area (Å²) < 4.78 is 0. The standard InChI is InChI=1S/C17H25N5.ClH/c1-17(2,18)12-22-10-8-14(9-11-22)16-19-15(20-21-16)13-6-4-3-5-7-13;/h3-7,14H,8-12,18H2,1-2H3,(H,19,20,21);1H. The Kier molecular flexibility index (Phi) is 5.79. The van der Waals surface area contributed by atoms with Crippen LogP contribution in [0.15, 0.2) is 30.3 Å². The van der Waals surface area contributed by atoms with Crippen molar-refractivity contribution < 1.29 is 0 Å². The summed E-state index contributed by atoms with van der Waals surface area (Å²) in [4.78, 5) is 7.14. The zero-order chi connectivity index (χ0) is 15.6. The molecule has 1 fully saturated rings. The third kappa shape index (κ3) is 4.77. The topological polar surface area (TPSA) is 70.8 Å². The maximum Gasteiger partial charge on any atom is 0.181 e. The minimum Gasteiger partial charge on any atom is -0.324 e. The molecule has 1 aliphatic heterocycles. The monoisotopic (exact) mass is 335 g/mol. The van der Waals surface area contributed by atoms with Gasteiger partial charge >= 0.3 is 0 Å². The molecule has 0 atom stereocenters. The van der Waals surface area contributed by atoms with Gasteiger partial charge in [0, 0.05) is 23.6 Å². The predicted octanol–water partition coefficient (Wildman–Crippen LogP) is 2.81. The second-order valence-electron chi connectivity index (χ2n) is 6.95. The lowest BCUT2D eigenvalue weighted by Gasteiger charge is -2.35. The molecule has 3 N–H and O–H groups in total. The van der Waals surface area contributed by atoms with Crippen molar-refractivity contribution in [3.05, 3.63) is 36.2 Å². The Labute approximate surface area is 144 Å². The van der Waals surface area contributed by atoms with Crippen molar-refractivity contribution in [3.8, 4) is 11.4 Å². The van der Waals surface area contributed by atoms with Crippen molar-refractivity contribution in [2.24, 2.45) is 5.73 Å². The van der Waals surface area contributed by atoms with Crippen LogP contribution in [0.1, 0.15) is 38.4 Å². The molecule has 0 radical (unpaired) electrons. The molecule has 0 amide bonds. The minimum atomic E-state index is -0.125. The van der Waals surface area contributed by atoms with Crippen LogP contribution in [-0.2, 0) is 0 Å². The summed E-state index contributed by atoms with van der Waals surface area (Å²) in [5.74, 6) is 2.29. The zero-order valence-corrected chi connectivity index (χ0v) is 14.6. The lowest BCUT2D eigenvalue weighted by molar-refractivity contribution is 0.177. The van der Waals surface area contributed by atoms with E-state index in [0.29, 0.717) is 5.92 Å². The van der Waals surface area contributed by atoms with Crippen LogP contribution in [0.4, 0.5) is 0 Å². The van der Waals surface area contributed by atoms with E-state index in [-0.39, 0.29) is 17.9 Å². The Morgan fingerprint density at radius 2 is 1.87 bits per heavy atom. The largest absolute Gasteiger partial charge is 0.324 e. The molecule has 1 saturated heterocycles. The summed E-state index contributed by atoms with van der Waals surface area (Å²) in [5, 5.41) is 7.50. The molecule has 2 aromatic rings. The maximum absolute atomic E-state index is 6.11. The quantitative estimate of drug-likeness (QED) is 0.901. The molecule has 0 unspecified atom stereocenters. The Hall–Kier alpha value is -1.43. The fourth-order valence-corrected chi connectivity index (χ4v) is 3.11. The highest BCUT2D eigenvalue weighted by atomic mass is 35.5. The Morgan fingerprint density at radius 1 is 1.22 bits per heavy atom. The van der Waals surface area contributed by atoms with E-state index in [2.05, 4.69) is 28.9 Å². The number of aromatic amines is 1. The fourth-order valence-electron chi connectivity index (χ4n) is 3.11. The van der Waals surface area contributed by atoms with E-state index < -0.39 is 0 Å². The first-order valence-electron chi connectivity index (χ1n) is 8.00. The van der Waals surface area contributed by atoms with Gasteiger partial charge in [0.1, 0.15) is 5.82 Å². The third-order valence-corrected chi connectivity index (χ3v) is 4.14. The van der Waals surface area contributed by atoms with E-state index in [9.17, 15) is 0 Å². The molecular weight excluding hydrogens is 310 g/mol. The summed E-state index contributed by atoms with van der Waals surface area (Å²) >= 11 is 0. The van der Waals surface area contributed by atoms with Crippen LogP contribution in [-0.4, -0.2) is 45.3 Å². The molecule has 6 heteroatoms. The molecule has 0 spiro atoms. The van der Waals surface area contributed by atoms with Gasteiger partial charge in [-0.15, -0.1) is 12.4 Å². The predicted molar refractivity (Wildman–Crippen MR) is 95.7 cm³/mol. The number of nitrogens with zero attached hydrogens (tertiary/aromatic N) is 3. The van der Waals surface area contributed by atoms with Gasteiger partial charge in [0.05, 0.1) is 0 Å². The lowest BCUT2D eigenvalue weighted by atomic mass is 9.94. The molecule has 2 heterocycles. The van der Waals surface area contributed by atoms with Crippen molar-refractivity contribution in [3.63, 3.8) is 0 Å². The van der Waals surface area contributed by atoms with Crippen molar-refractivity contribution in [1.29, 1.82) is 0 Å². The van der Waals surface area contributed by atoms with Gasteiger partial charge in [-0.25, -0.2) is 4.98 Å². The number of rotatable bonds is 4. The van der Waals surface area contributed by atoms with Gasteiger partial charge in [-0.2, -0.15) is 5.10 Å². The third-order valence-electron chi connectivity index (χ3n) is 4.14. The van der Waals surface area contributed by atoms with Gasteiger partial charge in [0.25, 0.3) is 0 Å². The van der Waals surface area contributed by atoms with E-state index in [1.54, 1.807) is 0 Å². The maximum atomic E-state index is 6.11. The number of hydrogen-bond acceptors (Lipinski definition) is 4. The summed E-state index contributed by atoms with van der Waals surface area (Å²) in [7, 11) is 0. The lowest BCUT2D eigenvalue weighted by Crippen LogP contribution is -2.47. The molecule has 126 valence electrons. The summed E-state index contributed by atoms with van der Waals surface area (Å²) in [6.45, 7) is 7.27. The van der Waals surface area contributed by atoms with Gasteiger partial charge in [-0.1, -0.05) is 30.3 Å². The van der Waals surface area contributed by atoms with Crippen LogP contribution in [0, 0.1) is 0 Å². The van der Waals surface area contributed by atoms with Crippen molar-refractivity contribution in [2.75, 3.05) is 19.6 Å². The number of hydrogen-bond donors (Lipinski definition) is 2. The number of nitrogens with one attached hydrogen (secondary N) is 1. The first-order valence-corrected chi connectivity index (χ1v) is 8.00. The van der Waals surface area contributed by atoms with Gasteiger partial charge in [-0.05, 0) is 39.8 Å². The highest BCUT2D eigenvalue weighted by Crippen LogP contribution is 2.27. The van der Waals surface area contributed by atoms with Gasteiger partial charge in [0.2, 0.25) is 0 Å². The minimum absolute atomic E-state index is 0. The van der Waals surface area contributed by atoms with E-state index in [4.69, 9.17) is 10.7 Å². The molecule has 5 nitrogen and oxygen atoms in total. The average Bonchev–Trinajstić information content (AvgIpc) is 2.97. The van der Waals surface area contributed by atoms with E-state index in [1.165, 1.54) is 0 Å². The van der Waals surface area contributed by atoms with Gasteiger partial charge in [0.15, 0.2) is 5.82 Å². The van der Waals surface area contributed by atoms with Crippen LogP contribution in [0.2, 0.25) is 0 Å². The zero-order valence-electron chi connectivity index (χ0n) is 13.8. The summed E-state index contributed by atoms with van der Waals surface area (Å²) in [6.07, 6.45) is 2.22. The Morgan fingerprint density at radius 3 is 2.48 bits per heavy atom. The van der Waals surface area contributed by atoms with Gasteiger partial charge in [-0.3, -0.25) is 5.10 Å². The van der Waals surface area contributed by atoms with Crippen LogP contribution in [0.3, 0.4) is 0 Å². The van der Waals surface area contributed by atoms with Crippen LogP contribution in [0.5, 0.6) is 0 Å². The van der Waals surface area contributed by atoms with Crippen molar-refractivity contribution in [2.45, 2.75) is 38.1 Å². The Balaban J connectivity index is 0.00000192. The number of H-pyrrole nitrogens is 1. The SMILES string of the molecule is CC(C)(N)CN1CCC(c2nc(-c3ccccc3)n[nH]2)CC1.Cl. The van der Waals surface area contributed by atoms with Crippen molar-refractivity contribution in [1.82, 2.24) is 20.1 Å². The molecule has 23 heavy (non-hydrogen) atoms. The molecule has 3 rings (SSSR count). The second-order valence-corrected chi connectivity index (χ2v) is 6.95. The van der Waals surface area contributed by atoms with Crippen LogP contribution in [0.25, 0.3) is 11.4 Å².